The number of benzene rings is 1. The minimum Gasteiger partial charge on any atom is -0.490 e. The maximum atomic E-state index is 6.14. The number of rotatable bonds is 6. The van der Waals surface area contributed by atoms with Crippen LogP contribution in [0.15, 0.2) is 24.3 Å². The minimum atomic E-state index is 0.221. The summed E-state index contributed by atoms with van der Waals surface area (Å²) in [6, 6.07) is 9.11. The van der Waals surface area contributed by atoms with Crippen LogP contribution in [-0.2, 0) is 6.42 Å². The summed E-state index contributed by atoms with van der Waals surface area (Å²) in [4.78, 5) is 0. The Bertz CT molecular complexity index is 396. The third kappa shape index (κ3) is 3.11. The maximum Gasteiger partial charge on any atom is 0.119 e. The normalized spacial score (nSPS) is 24.8. The van der Waals surface area contributed by atoms with E-state index in [1.165, 1.54) is 12.0 Å². The molecule has 1 aliphatic carbocycles. The second-order valence-corrected chi connectivity index (χ2v) is 6.17. The van der Waals surface area contributed by atoms with E-state index in [1.807, 2.05) is 0 Å². The van der Waals surface area contributed by atoms with Gasteiger partial charge in [0.25, 0.3) is 0 Å². The van der Waals surface area contributed by atoms with Crippen molar-refractivity contribution in [3.05, 3.63) is 29.8 Å². The molecule has 1 fully saturated rings. The molecule has 0 amide bonds. The molecule has 0 saturated heterocycles. The van der Waals surface area contributed by atoms with E-state index < -0.39 is 0 Å². The Labute approximate surface area is 117 Å². The summed E-state index contributed by atoms with van der Waals surface area (Å²) >= 11 is 0. The van der Waals surface area contributed by atoms with Crippen molar-refractivity contribution < 1.29 is 4.74 Å². The van der Waals surface area contributed by atoms with Gasteiger partial charge in [-0.1, -0.05) is 39.8 Å². The average molecular weight is 261 g/mol. The highest BCUT2D eigenvalue weighted by Gasteiger charge is 2.49. The molecule has 1 saturated carbocycles. The van der Waals surface area contributed by atoms with Crippen LogP contribution in [0.3, 0.4) is 0 Å². The summed E-state index contributed by atoms with van der Waals surface area (Å²) in [5.74, 6) is 1.00. The highest BCUT2D eigenvalue weighted by molar-refractivity contribution is 5.28. The van der Waals surface area contributed by atoms with Gasteiger partial charge in [-0.15, -0.1) is 0 Å². The first-order valence-corrected chi connectivity index (χ1v) is 7.57. The summed E-state index contributed by atoms with van der Waals surface area (Å²) in [6.45, 7) is 10.1. The molecule has 1 aromatic carbocycles. The Kier molecular flexibility index (Phi) is 4.51. The molecular formula is C17H27NO. The smallest absolute Gasteiger partial charge is 0.119 e. The van der Waals surface area contributed by atoms with E-state index in [-0.39, 0.29) is 5.41 Å². The molecule has 0 aliphatic heterocycles. The molecule has 1 N–H and O–H groups in total. The standard InChI is InChI=1S/C17H27NO/c1-5-11-18-15-12-16(17(15,3)4)19-14-9-7-13(6-2)8-10-14/h7-10,15-16,18H,5-6,11-12H2,1-4H3. The summed E-state index contributed by atoms with van der Waals surface area (Å²) < 4.78 is 6.14. The van der Waals surface area contributed by atoms with Gasteiger partial charge in [-0.25, -0.2) is 0 Å². The van der Waals surface area contributed by atoms with Crippen LogP contribution in [0.4, 0.5) is 0 Å². The van der Waals surface area contributed by atoms with E-state index in [4.69, 9.17) is 4.74 Å². The zero-order valence-electron chi connectivity index (χ0n) is 12.7. The molecule has 1 aromatic rings. The summed E-state index contributed by atoms with van der Waals surface area (Å²) in [7, 11) is 0. The highest BCUT2D eigenvalue weighted by Crippen LogP contribution is 2.43. The number of hydrogen-bond acceptors (Lipinski definition) is 2. The van der Waals surface area contributed by atoms with Gasteiger partial charge in [-0.2, -0.15) is 0 Å². The van der Waals surface area contributed by atoms with E-state index in [0.717, 1.165) is 25.1 Å². The van der Waals surface area contributed by atoms with Gasteiger partial charge < -0.3 is 10.1 Å². The van der Waals surface area contributed by atoms with E-state index in [1.54, 1.807) is 0 Å². The third-order valence-corrected chi connectivity index (χ3v) is 4.43. The fourth-order valence-corrected chi connectivity index (χ4v) is 2.72. The topological polar surface area (TPSA) is 21.3 Å². The van der Waals surface area contributed by atoms with Crippen LogP contribution < -0.4 is 10.1 Å². The summed E-state index contributed by atoms with van der Waals surface area (Å²) in [6.07, 6.45) is 3.71. The predicted octanol–water partition coefficient (Wildman–Crippen LogP) is 3.79. The summed E-state index contributed by atoms with van der Waals surface area (Å²) in [5.41, 5.74) is 1.58. The van der Waals surface area contributed by atoms with Gasteiger partial charge in [0.15, 0.2) is 0 Å². The lowest BCUT2D eigenvalue weighted by molar-refractivity contribution is -0.0546. The van der Waals surface area contributed by atoms with Crippen molar-refractivity contribution in [2.45, 2.75) is 59.1 Å². The van der Waals surface area contributed by atoms with Gasteiger partial charge in [0.1, 0.15) is 11.9 Å². The van der Waals surface area contributed by atoms with Gasteiger partial charge in [0.2, 0.25) is 0 Å². The SMILES string of the molecule is CCCNC1CC(Oc2ccc(CC)cc2)C1(C)C. The van der Waals surface area contributed by atoms with Crippen molar-refractivity contribution in [2.75, 3.05) is 6.54 Å². The molecule has 0 heterocycles. The van der Waals surface area contributed by atoms with Crippen LogP contribution in [0.5, 0.6) is 5.75 Å². The lowest BCUT2D eigenvalue weighted by Crippen LogP contribution is -2.62. The Morgan fingerprint density at radius 1 is 1.21 bits per heavy atom. The monoisotopic (exact) mass is 261 g/mol. The largest absolute Gasteiger partial charge is 0.490 e. The molecule has 2 heteroatoms. The van der Waals surface area contributed by atoms with Gasteiger partial charge in [-0.05, 0) is 37.1 Å². The van der Waals surface area contributed by atoms with Crippen LogP contribution in [0.25, 0.3) is 0 Å². The second kappa shape index (κ2) is 5.96. The van der Waals surface area contributed by atoms with E-state index in [0.29, 0.717) is 12.1 Å². The molecular weight excluding hydrogens is 234 g/mol. The molecule has 19 heavy (non-hydrogen) atoms. The first-order valence-electron chi connectivity index (χ1n) is 7.57. The number of hydrogen-bond donors (Lipinski definition) is 1. The first kappa shape index (κ1) is 14.4. The predicted molar refractivity (Wildman–Crippen MR) is 80.7 cm³/mol. The third-order valence-electron chi connectivity index (χ3n) is 4.43. The Morgan fingerprint density at radius 2 is 1.89 bits per heavy atom. The zero-order valence-corrected chi connectivity index (χ0v) is 12.7. The fraction of sp³-hybridized carbons (Fsp3) is 0.647. The molecule has 0 radical (unpaired) electrons. The Morgan fingerprint density at radius 3 is 2.42 bits per heavy atom. The molecule has 0 bridgehead atoms. The number of nitrogens with one attached hydrogen (secondary N) is 1. The van der Waals surface area contributed by atoms with Crippen LogP contribution in [-0.4, -0.2) is 18.7 Å². The summed E-state index contributed by atoms with van der Waals surface area (Å²) in [5, 5.41) is 3.61. The van der Waals surface area contributed by atoms with Crippen molar-refractivity contribution >= 4 is 0 Å². The second-order valence-electron chi connectivity index (χ2n) is 6.17. The quantitative estimate of drug-likeness (QED) is 0.841. The number of ether oxygens (including phenoxy) is 1. The maximum absolute atomic E-state index is 6.14. The van der Waals surface area contributed by atoms with Crippen molar-refractivity contribution in [3.63, 3.8) is 0 Å². The molecule has 106 valence electrons. The Hall–Kier alpha value is -1.02. The minimum absolute atomic E-state index is 0.221. The van der Waals surface area contributed by atoms with E-state index in [9.17, 15) is 0 Å². The van der Waals surface area contributed by atoms with E-state index >= 15 is 0 Å². The van der Waals surface area contributed by atoms with Crippen molar-refractivity contribution in [1.29, 1.82) is 0 Å². The van der Waals surface area contributed by atoms with Crippen LogP contribution >= 0.6 is 0 Å². The average Bonchev–Trinajstić information content (AvgIpc) is 2.42. The van der Waals surface area contributed by atoms with E-state index in [2.05, 4.69) is 57.3 Å². The van der Waals surface area contributed by atoms with Gasteiger partial charge in [0, 0.05) is 17.9 Å². The first-order chi connectivity index (χ1) is 9.07. The molecule has 2 atom stereocenters. The van der Waals surface area contributed by atoms with Gasteiger partial charge in [0.05, 0.1) is 0 Å². The molecule has 2 rings (SSSR count). The molecule has 2 unspecified atom stereocenters. The van der Waals surface area contributed by atoms with Crippen molar-refractivity contribution in [3.8, 4) is 5.75 Å². The Balaban J connectivity index is 1.90. The lowest BCUT2D eigenvalue weighted by atomic mass is 9.64. The van der Waals surface area contributed by atoms with Crippen molar-refractivity contribution in [2.24, 2.45) is 5.41 Å². The van der Waals surface area contributed by atoms with Crippen LogP contribution in [0, 0.1) is 5.41 Å². The van der Waals surface area contributed by atoms with Crippen LogP contribution in [0.2, 0.25) is 0 Å². The van der Waals surface area contributed by atoms with Crippen LogP contribution in [0.1, 0.15) is 46.1 Å². The molecule has 2 nitrogen and oxygen atoms in total. The van der Waals surface area contributed by atoms with Gasteiger partial charge in [-0.3, -0.25) is 0 Å². The zero-order chi connectivity index (χ0) is 13.9. The lowest BCUT2D eigenvalue weighted by Gasteiger charge is -2.51. The van der Waals surface area contributed by atoms with Crippen molar-refractivity contribution in [1.82, 2.24) is 5.32 Å². The van der Waals surface area contributed by atoms with Gasteiger partial charge >= 0.3 is 0 Å². The molecule has 0 aromatic heterocycles. The fourth-order valence-electron chi connectivity index (χ4n) is 2.72. The molecule has 0 spiro atoms. The number of aryl methyl sites for hydroxylation is 1. The highest BCUT2D eigenvalue weighted by atomic mass is 16.5. The molecule has 1 aliphatic rings.